The Balaban J connectivity index is 1.94. The molecule has 0 radical (unpaired) electrons. The molecule has 0 aromatic rings. The van der Waals surface area contributed by atoms with E-state index in [-0.39, 0.29) is 0 Å². The maximum atomic E-state index is 3.50. The van der Waals surface area contributed by atoms with E-state index in [4.69, 9.17) is 0 Å². The van der Waals surface area contributed by atoms with Crippen LogP contribution in [0.1, 0.15) is 26.7 Å². The van der Waals surface area contributed by atoms with Crippen LogP contribution >= 0.6 is 11.8 Å². The molecule has 0 spiro atoms. The van der Waals surface area contributed by atoms with Gasteiger partial charge in [-0.2, -0.15) is 11.8 Å². The zero-order chi connectivity index (χ0) is 11.1. The van der Waals surface area contributed by atoms with Gasteiger partial charge in [0.2, 0.25) is 0 Å². The maximum absolute atomic E-state index is 3.50. The highest BCUT2D eigenvalue weighted by molar-refractivity contribution is 7.99. The highest BCUT2D eigenvalue weighted by atomic mass is 32.2. The molecule has 0 amide bonds. The lowest BCUT2D eigenvalue weighted by Gasteiger charge is -2.23. The molecule has 0 saturated carbocycles. The zero-order valence-corrected chi connectivity index (χ0v) is 11.3. The molecule has 2 nitrogen and oxygen atoms in total. The lowest BCUT2D eigenvalue weighted by molar-refractivity contribution is 0.258. The third-order valence-corrected chi connectivity index (χ3v) is 4.09. The lowest BCUT2D eigenvalue weighted by Crippen LogP contribution is -2.34. The topological polar surface area (TPSA) is 15.3 Å². The van der Waals surface area contributed by atoms with E-state index in [2.05, 4.69) is 42.9 Å². The summed E-state index contributed by atoms with van der Waals surface area (Å²) in [5.74, 6) is 3.48. The molecule has 90 valence electrons. The van der Waals surface area contributed by atoms with Crippen molar-refractivity contribution in [2.75, 3.05) is 38.2 Å². The molecule has 0 aliphatic carbocycles. The van der Waals surface area contributed by atoms with Crippen LogP contribution in [-0.2, 0) is 0 Å². The van der Waals surface area contributed by atoms with Crippen molar-refractivity contribution in [1.82, 2.24) is 10.2 Å². The molecule has 1 unspecified atom stereocenters. The Kier molecular flexibility index (Phi) is 6.69. The van der Waals surface area contributed by atoms with E-state index in [1.807, 2.05) is 0 Å². The summed E-state index contributed by atoms with van der Waals surface area (Å²) in [6.07, 6.45) is 2.67. The van der Waals surface area contributed by atoms with Gasteiger partial charge in [0.1, 0.15) is 0 Å². The van der Waals surface area contributed by atoms with Gasteiger partial charge in [0.15, 0.2) is 0 Å². The van der Waals surface area contributed by atoms with Gasteiger partial charge in [0.05, 0.1) is 0 Å². The largest absolute Gasteiger partial charge is 0.316 e. The third kappa shape index (κ3) is 5.79. The van der Waals surface area contributed by atoms with E-state index >= 15 is 0 Å². The number of nitrogens with one attached hydrogen (secondary N) is 1. The second-order valence-electron chi connectivity index (χ2n) is 4.95. The fourth-order valence-corrected chi connectivity index (χ4v) is 3.20. The predicted molar refractivity (Wildman–Crippen MR) is 70.7 cm³/mol. The number of rotatable bonds is 7. The molecule has 1 aliphatic heterocycles. The van der Waals surface area contributed by atoms with Gasteiger partial charge in [-0.25, -0.2) is 0 Å². The molecule has 0 bridgehead atoms. The van der Waals surface area contributed by atoms with Crippen molar-refractivity contribution in [2.45, 2.75) is 32.7 Å². The average molecular weight is 230 g/mol. The van der Waals surface area contributed by atoms with Gasteiger partial charge in [-0.15, -0.1) is 0 Å². The molecule has 15 heavy (non-hydrogen) atoms. The van der Waals surface area contributed by atoms with Gasteiger partial charge < -0.3 is 10.2 Å². The first-order valence-corrected chi connectivity index (χ1v) is 7.34. The Morgan fingerprint density at radius 1 is 1.47 bits per heavy atom. The predicted octanol–water partition coefficient (Wildman–Crippen LogP) is 2.06. The molecule has 1 rings (SSSR count). The molecule has 1 aliphatic rings. The minimum absolute atomic E-state index is 0.772. The van der Waals surface area contributed by atoms with E-state index in [1.165, 1.54) is 37.4 Å². The average Bonchev–Trinajstić information content (AvgIpc) is 2.69. The van der Waals surface area contributed by atoms with Crippen LogP contribution in [0.2, 0.25) is 0 Å². The molecule has 0 aromatic carbocycles. The van der Waals surface area contributed by atoms with E-state index in [9.17, 15) is 0 Å². The first kappa shape index (κ1) is 13.3. The van der Waals surface area contributed by atoms with Crippen LogP contribution in [0.25, 0.3) is 0 Å². The Morgan fingerprint density at radius 2 is 2.27 bits per heavy atom. The van der Waals surface area contributed by atoms with E-state index in [1.54, 1.807) is 0 Å². The lowest BCUT2D eigenvalue weighted by atomic mass is 10.2. The summed E-state index contributed by atoms with van der Waals surface area (Å²) in [5.41, 5.74) is 0. The molecular formula is C12H26N2S. The first-order valence-electron chi connectivity index (χ1n) is 6.19. The number of hydrogen-bond acceptors (Lipinski definition) is 3. The summed E-state index contributed by atoms with van der Waals surface area (Å²) in [4.78, 5) is 2.54. The molecule has 1 N–H and O–H groups in total. The van der Waals surface area contributed by atoms with E-state index < -0.39 is 0 Å². The van der Waals surface area contributed by atoms with Crippen LogP contribution in [0.3, 0.4) is 0 Å². The van der Waals surface area contributed by atoms with Gasteiger partial charge in [0.25, 0.3) is 0 Å². The second-order valence-corrected chi connectivity index (χ2v) is 6.10. The van der Waals surface area contributed by atoms with E-state index in [0.29, 0.717) is 0 Å². The monoisotopic (exact) mass is 230 g/mol. The van der Waals surface area contributed by atoms with E-state index in [0.717, 1.165) is 18.5 Å². The van der Waals surface area contributed by atoms with Gasteiger partial charge in [-0.05, 0) is 51.2 Å². The van der Waals surface area contributed by atoms with Crippen LogP contribution in [0.15, 0.2) is 0 Å². The van der Waals surface area contributed by atoms with Gasteiger partial charge >= 0.3 is 0 Å². The van der Waals surface area contributed by atoms with Crippen LogP contribution in [0.4, 0.5) is 0 Å². The standard InChI is InChI=1S/C12H26N2S/c1-11(2)9-13-6-4-7-14(3)12-5-8-15-10-12/h11-13H,4-10H2,1-3H3. The third-order valence-electron chi connectivity index (χ3n) is 2.95. The van der Waals surface area contributed by atoms with Crippen molar-refractivity contribution < 1.29 is 0 Å². The van der Waals surface area contributed by atoms with Crippen molar-refractivity contribution in [3.8, 4) is 0 Å². The Labute approximate surface area is 99.2 Å². The zero-order valence-electron chi connectivity index (χ0n) is 10.5. The fourth-order valence-electron chi connectivity index (χ4n) is 1.90. The smallest absolute Gasteiger partial charge is 0.0191 e. The summed E-state index contributed by atoms with van der Waals surface area (Å²) in [5, 5.41) is 3.50. The van der Waals surface area contributed by atoms with Gasteiger partial charge in [-0.1, -0.05) is 13.8 Å². The summed E-state index contributed by atoms with van der Waals surface area (Å²) >= 11 is 2.10. The summed E-state index contributed by atoms with van der Waals surface area (Å²) in [6.45, 7) is 8.09. The molecular weight excluding hydrogens is 204 g/mol. The van der Waals surface area contributed by atoms with Gasteiger partial charge in [-0.3, -0.25) is 0 Å². The highest BCUT2D eigenvalue weighted by Gasteiger charge is 2.18. The number of thioether (sulfide) groups is 1. The summed E-state index contributed by atoms with van der Waals surface area (Å²) in [7, 11) is 2.28. The SMILES string of the molecule is CC(C)CNCCCN(C)C1CCSC1. The van der Waals surface area contributed by atoms with Crippen molar-refractivity contribution in [2.24, 2.45) is 5.92 Å². The van der Waals surface area contributed by atoms with Crippen LogP contribution < -0.4 is 5.32 Å². The molecule has 1 fully saturated rings. The molecule has 0 aromatic heterocycles. The van der Waals surface area contributed by atoms with Crippen molar-refractivity contribution in [3.63, 3.8) is 0 Å². The Morgan fingerprint density at radius 3 is 2.87 bits per heavy atom. The summed E-state index contributed by atoms with van der Waals surface area (Å²) < 4.78 is 0. The molecule has 1 heterocycles. The molecule has 1 saturated heterocycles. The summed E-state index contributed by atoms with van der Waals surface area (Å²) in [6, 6.07) is 0.847. The molecule has 1 atom stereocenters. The van der Waals surface area contributed by atoms with Gasteiger partial charge in [0, 0.05) is 11.8 Å². The normalized spacial score (nSPS) is 21.8. The number of nitrogens with zero attached hydrogens (tertiary/aromatic N) is 1. The van der Waals surface area contributed by atoms with Crippen molar-refractivity contribution in [3.05, 3.63) is 0 Å². The second kappa shape index (κ2) is 7.53. The number of hydrogen-bond donors (Lipinski definition) is 1. The Bertz CT molecular complexity index is 156. The van der Waals surface area contributed by atoms with Crippen molar-refractivity contribution in [1.29, 1.82) is 0 Å². The molecule has 3 heteroatoms. The Hall–Kier alpha value is 0.270. The van der Waals surface area contributed by atoms with Crippen molar-refractivity contribution >= 4 is 11.8 Å². The fraction of sp³-hybridized carbons (Fsp3) is 1.00. The van der Waals surface area contributed by atoms with Crippen LogP contribution in [0, 0.1) is 5.92 Å². The minimum Gasteiger partial charge on any atom is -0.316 e. The first-order chi connectivity index (χ1) is 7.20. The highest BCUT2D eigenvalue weighted by Crippen LogP contribution is 2.21. The van der Waals surface area contributed by atoms with Crippen LogP contribution in [0.5, 0.6) is 0 Å². The maximum Gasteiger partial charge on any atom is 0.0191 e. The minimum atomic E-state index is 0.772. The van der Waals surface area contributed by atoms with Crippen LogP contribution in [-0.4, -0.2) is 49.1 Å². The quantitative estimate of drug-likeness (QED) is 0.674.